The lowest BCUT2D eigenvalue weighted by Gasteiger charge is -2.15. The van der Waals surface area contributed by atoms with Gasteiger partial charge in [0.15, 0.2) is 5.96 Å². The van der Waals surface area contributed by atoms with Crippen molar-refractivity contribution >= 4 is 23.6 Å². The van der Waals surface area contributed by atoms with Crippen molar-refractivity contribution in [1.29, 1.82) is 0 Å². The van der Waals surface area contributed by atoms with E-state index in [0.717, 1.165) is 0 Å². The molecule has 0 fully saturated rings. The largest absolute Gasteiger partial charge is 0.480 e. The fourth-order valence-corrected chi connectivity index (χ4v) is 1.56. The first-order valence-electron chi connectivity index (χ1n) is 6.92. The highest BCUT2D eigenvalue weighted by Crippen LogP contribution is 2.05. The third-order valence-electron chi connectivity index (χ3n) is 3.08. The van der Waals surface area contributed by atoms with Crippen LogP contribution in [0.1, 0.15) is 39.5 Å². The number of carboxylic acids is 1. The topological polar surface area (TPSA) is 148 Å². The molecule has 0 saturated heterocycles. The first kappa shape index (κ1) is 18.9. The monoisotopic (exact) mass is 300 g/mol. The van der Waals surface area contributed by atoms with Crippen molar-refractivity contribution in [2.24, 2.45) is 22.4 Å². The predicted octanol–water partition coefficient (Wildman–Crippen LogP) is -0.385. The molecule has 0 aliphatic rings. The zero-order valence-electron chi connectivity index (χ0n) is 12.5. The Hall–Kier alpha value is -2.12. The van der Waals surface area contributed by atoms with E-state index in [4.69, 9.17) is 16.6 Å². The number of hydrogen-bond acceptors (Lipinski definition) is 4. The van der Waals surface area contributed by atoms with Crippen LogP contribution in [0, 0.1) is 5.92 Å². The number of carboxylic acid groups (broad SMARTS) is 1. The number of hydrogen-bond donors (Lipinski definition) is 4. The number of guanidine groups is 1. The minimum absolute atomic E-state index is 0.0164. The molecule has 6 N–H and O–H groups in total. The lowest BCUT2D eigenvalue weighted by atomic mass is 10.0. The Morgan fingerprint density at radius 3 is 2.33 bits per heavy atom. The maximum atomic E-state index is 11.7. The number of carbonyl (C=O) groups is 3. The number of aliphatic carboxylic acids is 1. The van der Waals surface area contributed by atoms with Crippen LogP contribution >= 0.6 is 0 Å². The molecule has 0 radical (unpaired) electrons. The summed E-state index contributed by atoms with van der Waals surface area (Å²) >= 11 is 0. The highest BCUT2D eigenvalue weighted by atomic mass is 16.4. The Bertz CT molecular complexity index is 405. The number of nitrogens with one attached hydrogen (secondary N) is 1. The quantitative estimate of drug-likeness (QED) is 0.187. The number of Topliss-reactive ketones (excluding diaryl/α,β-unsaturated/α-hetero) is 1. The van der Waals surface area contributed by atoms with Gasteiger partial charge < -0.3 is 21.9 Å². The minimum Gasteiger partial charge on any atom is -0.480 e. The summed E-state index contributed by atoms with van der Waals surface area (Å²) in [5.41, 5.74) is 10.3. The van der Waals surface area contributed by atoms with Crippen molar-refractivity contribution < 1.29 is 19.5 Å². The molecule has 0 bridgehead atoms. The van der Waals surface area contributed by atoms with E-state index in [-0.39, 0.29) is 12.4 Å². The van der Waals surface area contributed by atoms with Crippen LogP contribution in [-0.4, -0.2) is 41.3 Å². The molecule has 0 aromatic carbocycles. The molecule has 0 heterocycles. The summed E-state index contributed by atoms with van der Waals surface area (Å²) in [7, 11) is 0. The van der Waals surface area contributed by atoms with Gasteiger partial charge in [0.2, 0.25) is 5.78 Å². The molecule has 0 aliphatic heterocycles. The maximum absolute atomic E-state index is 11.7. The summed E-state index contributed by atoms with van der Waals surface area (Å²) in [4.78, 5) is 38.1. The summed E-state index contributed by atoms with van der Waals surface area (Å²) in [6.07, 6.45) is 1.86. The van der Waals surface area contributed by atoms with Crippen LogP contribution in [0.4, 0.5) is 0 Å². The van der Waals surface area contributed by atoms with E-state index in [9.17, 15) is 14.4 Å². The fraction of sp³-hybridized carbons (Fsp3) is 0.692. The molecule has 8 heteroatoms. The minimum atomic E-state index is -1.16. The predicted molar refractivity (Wildman–Crippen MR) is 78.6 cm³/mol. The molecule has 8 nitrogen and oxygen atoms in total. The number of amides is 1. The zero-order valence-corrected chi connectivity index (χ0v) is 12.5. The van der Waals surface area contributed by atoms with Crippen LogP contribution < -0.4 is 16.8 Å². The van der Waals surface area contributed by atoms with Crippen LogP contribution in [0.15, 0.2) is 4.99 Å². The van der Waals surface area contributed by atoms with Gasteiger partial charge in [0.25, 0.3) is 5.91 Å². The third-order valence-corrected chi connectivity index (χ3v) is 3.08. The number of nitrogens with zero attached hydrogens (tertiary/aromatic N) is 1. The Morgan fingerprint density at radius 1 is 1.24 bits per heavy atom. The van der Waals surface area contributed by atoms with Crippen molar-refractivity contribution in [3.8, 4) is 0 Å². The van der Waals surface area contributed by atoms with Crippen LogP contribution in [0.25, 0.3) is 0 Å². The molecule has 2 atom stereocenters. The van der Waals surface area contributed by atoms with Gasteiger partial charge in [0.05, 0.1) is 0 Å². The Labute approximate surface area is 124 Å². The second kappa shape index (κ2) is 9.73. The average Bonchev–Trinajstić information content (AvgIpc) is 2.43. The van der Waals surface area contributed by atoms with E-state index in [1.165, 1.54) is 0 Å². The van der Waals surface area contributed by atoms with E-state index in [2.05, 4.69) is 10.3 Å². The van der Waals surface area contributed by atoms with E-state index in [1.807, 2.05) is 0 Å². The molecular weight excluding hydrogens is 276 g/mol. The van der Waals surface area contributed by atoms with Crippen LogP contribution in [0.3, 0.4) is 0 Å². The van der Waals surface area contributed by atoms with Crippen molar-refractivity contribution in [3.63, 3.8) is 0 Å². The third kappa shape index (κ3) is 7.91. The SMILES string of the molecule is CCC(C)C(=O)C(=O)NC(CCCCN=C(N)N)C(=O)O. The molecule has 0 aromatic heterocycles. The number of carbonyl (C=O) groups excluding carboxylic acids is 2. The van der Waals surface area contributed by atoms with Gasteiger partial charge in [-0.25, -0.2) is 4.79 Å². The van der Waals surface area contributed by atoms with Gasteiger partial charge in [0.1, 0.15) is 6.04 Å². The first-order valence-corrected chi connectivity index (χ1v) is 6.92. The highest BCUT2D eigenvalue weighted by molar-refractivity contribution is 6.37. The Morgan fingerprint density at radius 2 is 1.86 bits per heavy atom. The van der Waals surface area contributed by atoms with Gasteiger partial charge in [0, 0.05) is 12.5 Å². The number of nitrogens with two attached hydrogens (primary N) is 2. The molecule has 1 amide bonds. The Kier molecular flexibility index (Phi) is 8.75. The lowest BCUT2D eigenvalue weighted by Crippen LogP contribution is -2.45. The van der Waals surface area contributed by atoms with Crippen molar-refractivity contribution in [1.82, 2.24) is 5.32 Å². The summed E-state index contributed by atoms with van der Waals surface area (Å²) in [6.45, 7) is 3.82. The molecule has 21 heavy (non-hydrogen) atoms. The number of unbranched alkanes of at least 4 members (excludes halogenated alkanes) is 1. The molecule has 0 rings (SSSR count). The zero-order chi connectivity index (χ0) is 16.4. The second-order valence-electron chi connectivity index (χ2n) is 4.84. The van der Waals surface area contributed by atoms with Crippen molar-refractivity contribution in [3.05, 3.63) is 0 Å². The summed E-state index contributed by atoms with van der Waals surface area (Å²) < 4.78 is 0. The van der Waals surface area contributed by atoms with Gasteiger partial charge in [-0.15, -0.1) is 0 Å². The summed E-state index contributed by atoms with van der Waals surface area (Å²) in [5.74, 6) is -3.04. The van der Waals surface area contributed by atoms with E-state index < -0.39 is 29.6 Å². The molecule has 2 unspecified atom stereocenters. The maximum Gasteiger partial charge on any atom is 0.326 e. The highest BCUT2D eigenvalue weighted by Gasteiger charge is 2.25. The number of ketones is 1. The van der Waals surface area contributed by atoms with Crippen molar-refractivity contribution in [2.75, 3.05) is 6.54 Å². The van der Waals surface area contributed by atoms with E-state index in [0.29, 0.717) is 25.8 Å². The van der Waals surface area contributed by atoms with E-state index >= 15 is 0 Å². The number of rotatable bonds is 10. The summed E-state index contributed by atoms with van der Waals surface area (Å²) in [6, 6.07) is -1.08. The van der Waals surface area contributed by atoms with Crippen molar-refractivity contribution in [2.45, 2.75) is 45.6 Å². The molecule has 120 valence electrons. The fourth-order valence-electron chi connectivity index (χ4n) is 1.56. The van der Waals surface area contributed by atoms with Gasteiger partial charge >= 0.3 is 5.97 Å². The van der Waals surface area contributed by atoms with Gasteiger partial charge in [-0.1, -0.05) is 13.8 Å². The normalized spacial score (nSPS) is 13.0. The van der Waals surface area contributed by atoms with Crippen LogP contribution in [0.5, 0.6) is 0 Å². The van der Waals surface area contributed by atoms with E-state index in [1.54, 1.807) is 13.8 Å². The molecular formula is C13H24N4O4. The molecule has 0 aromatic rings. The summed E-state index contributed by atoms with van der Waals surface area (Å²) in [5, 5.41) is 11.3. The Balaban J connectivity index is 4.31. The van der Waals surface area contributed by atoms with Crippen LogP contribution in [-0.2, 0) is 14.4 Å². The number of aliphatic imine (C=N–C) groups is 1. The second-order valence-corrected chi connectivity index (χ2v) is 4.84. The standard InChI is InChI=1S/C13H24N4O4/c1-3-8(2)10(18)11(19)17-9(12(20)21)6-4-5-7-16-13(14)15/h8-9H,3-7H2,1-2H3,(H,17,19)(H,20,21)(H4,14,15,16). The van der Waals surface area contributed by atoms with Gasteiger partial charge in [-0.05, 0) is 25.7 Å². The molecule has 0 saturated carbocycles. The smallest absolute Gasteiger partial charge is 0.326 e. The molecule has 0 spiro atoms. The molecule has 0 aliphatic carbocycles. The van der Waals surface area contributed by atoms with Crippen LogP contribution in [0.2, 0.25) is 0 Å². The average molecular weight is 300 g/mol. The van der Waals surface area contributed by atoms with Gasteiger partial charge in [-0.3, -0.25) is 14.6 Å². The lowest BCUT2D eigenvalue weighted by molar-refractivity contribution is -0.145. The first-order chi connectivity index (χ1) is 9.79. The van der Waals surface area contributed by atoms with Gasteiger partial charge in [-0.2, -0.15) is 0 Å².